The first-order valence-electron chi connectivity index (χ1n) is 5.24. The van der Waals surface area contributed by atoms with Gasteiger partial charge >= 0.3 is 5.97 Å². The third kappa shape index (κ3) is 2.61. The van der Waals surface area contributed by atoms with Crippen molar-refractivity contribution in [2.75, 3.05) is 6.61 Å². The second-order valence-corrected chi connectivity index (χ2v) is 3.23. The standard InChI is InChI=1S/C12H11N3O2/c1-2-17-11(16)6-3-5-10-9-14-15-8-4-7-13-12(10)15/h4,7-9H,2,6H2,1H3. The highest BCUT2D eigenvalue weighted by atomic mass is 16.5. The Morgan fingerprint density at radius 2 is 2.47 bits per heavy atom. The summed E-state index contributed by atoms with van der Waals surface area (Å²) in [6.45, 7) is 2.14. The van der Waals surface area contributed by atoms with Crippen LogP contribution >= 0.6 is 0 Å². The van der Waals surface area contributed by atoms with E-state index in [9.17, 15) is 4.79 Å². The Morgan fingerprint density at radius 1 is 1.59 bits per heavy atom. The Hall–Kier alpha value is -2.35. The molecule has 2 aromatic rings. The lowest BCUT2D eigenvalue weighted by Gasteiger charge is -1.94. The van der Waals surface area contributed by atoms with Crippen LogP contribution < -0.4 is 0 Å². The molecule has 2 rings (SSSR count). The highest BCUT2D eigenvalue weighted by molar-refractivity contribution is 5.72. The van der Waals surface area contributed by atoms with E-state index in [1.54, 1.807) is 36.1 Å². The average Bonchev–Trinajstić information content (AvgIpc) is 2.73. The zero-order valence-electron chi connectivity index (χ0n) is 9.38. The number of nitrogens with zero attached hydrogens (tertiary/aromatic N) is 3. The van der Waals surface area contributed by atoms with Gasteiger partial charge in [-0.1, -0.05) is 11.8 Å². The molecule has 0 saturated heterocycles. The molecule has 0 unspecified atom stereocenters. The summed E-state index contributed by atoms with van der Waals surface area (Å²) in [5, 5.41) is 4.09. The molecule has 0 aliphatic rings. The van der Waals surface area contributed by atoms with Gasteiger partial charge in [0.25, 0.3) is 0 Å². The summed E-state index contributed by atoms with van der Waals surface area (Å²) in [4.78, 5) is 15.2. The van der Waals surface area contributed by atoms with E-state index in [-0.39, 0.29) is 12.4 Å². The van der Waals surface area contributed by atoms with E-state index in [0.717, 1.165) is 0 Å². The molecule has 0 bridgehead atoms. The lowest BCUT2D eigenvalue weighted by Crippen LogP contribution is -2.01. The fraction of sp³-hybridized carbons (Fsp3) is 0.250. The molecule has 86 valence electrons. The number of aromatic nitrogens is 3. The predicted octanol–water partition coefficient (Wildman–Crippen LogP) is 1.03. The summed E-state index contributed by atoms with van der Waals surface area (Å²) in [7, 11) is 0. The van der Waals surface area contributed by atoms with Crippen molar-refractivity contribution >= 4 is 11.6 Å². The second kappa shape index (κ2) is 5.12. The lowest BCUT2D eigenvalue weighted by atomic mass is 10.3. The Morgan fingerprint density at radius 3 is 3.29 bits per heavy atom. The van der Waals surface area contributed by atoms with Crippen LogP contribution in [0.1, 0.15) is 18.9 Å². The number of hydrogen-bond acceptors (Lipinski definition) is 4. The monoisotopic (exact) mass is 229 g/mol. The quantitative estimate of drug-likeness (QED) is 0.570. The molecule has 0 atom stereocenters. The molecule has 0 N–H and O–H groups in total. The second-order valence-electron chi connectivity index (χ2n) is 3.23. The summed E-state index contributed by atoms with van der Waals surface area (Å²) in [6.07, 6.45) is 5.17. The molecule has 5 nitrogen and oxygen atoms in total. The summed E-state index contributed by atoms with van der Waals surface area (Å²) in [5.41, 5.74) is 1.39. The molecule has 0 radical (unpaired) electrons. The van der Waals surface area contributed by atoms with E-state index in [2.05, 4.69) is 21.9 Å². The van der Waals surface area contributed by atoms with E-state index >= 15 is 0 Å². The van der Waals surface area contributed by atoms with Gasteiger partial charge in [-0.05, 0) is 13.0 Å². The minimum Gasteiger partial charge on any atom is -0.465 e. The van der Waals surface area contributed by atoms with Gasteiger partial charge in [0.05, 0.1) is 18.4 Å². The van der Waals surface area contributed by atoms with E-state index in [4.69, 9.17) is 4.74 Å². The molecule has 5 heteroatoms. The molecule has 0 aliphatic carbocycles. The number of hydrogen-bond donors (Lipinski definition) is 0. The summed E-state index contributed by atoms with van der Waals surface area (Å²) in [5.74, 6) is 5.29. The number of carbonyl (C=O) groups is 1. The molecule has 2 heterocycles. The number of fused-ring (bicyclic) bond motifs is 1. The van der Waals surface area contributed by atoms with Crippen molar-refractivity contribution < 1.29 is 9.53 Å². The number of esters is 1. The van der Waals surface area contributed by atoms with Crippen molar-refractivity contribution in [3.05, 3.63) is 30.2 Å². The zero-order chi connectivity index (χ0) is 12.1. The van der Waals surface area contributed by atoms with Crippen molar-refractivity contribution in [1.82, 2.24) is 14.6 Å². The molecule has 0 fully saturated rings. The fourth-order valence-electron chi connectivity index (χ4n) is 1.34. The van der Waals surface area contributed by atoms with Crippen LogP contribution in [0.15, 0.2) is 24.7 Å². The van der Waals surface area contributed by atoms with Crippen molar-refractivity contribution in [1.29, 1.82) is 0 Å². The minimum absolute atomic E-state index is 0.0814. The van der Waals surface area contributed by atoms with Crippen molar-refractivity contribution in [2.24, 2.45) is 0 Å². The summed E-state index contributed by atoms with van der Waals surface area (Å²) in [6, 6.07) is 1.79. The number of carbonyl (C=O) groups excluding carboxylic acids is 1. The number of ether oxygens (including phenoxy) is 1. The van der Waals surface area contributed by atoms with Crippen LogP contribution in [0.4, 0.5) is 0 Å². The third-order valence-corrected chi connectivity index (χ3v) is 2.04. The maximum absolute atomic E-state index is 11.1. The number of rotatable bonds is 2. The smallest absolute Gasteiger partial charge is 0.317 e. The van der Waals surface area contributed by atoms with E-state index < -0.39 is 0 Å². The molecule has 0 amide bonds. The predicted molar refractivity (Wildman–Crippen MR) is 61.1 cm³/mol. The van der Waals surface area contributed by atoms with Crippen LogP contribution in [0.25, 0.3) is 5.65 Å². The summed E-state index contributed by atoms with van der Waals surface area (Å²) < 4.78 is 6.40. The molecule has 0 spiro atoms. The molecule has 17 heavy (non-hydrogen) atoms. The average molecular weight is 229 g/mol. The van der Waals surface area contributed by atoms with Crippen LogP contribution in [0, 0.1) is 11.8 Å². The van der Waals surface area contributed by atoms with Gasteiger partial charge in [-0.2, -0.15) is 5.10 Å². The molecule has 0 aliphatic heterocycles. The molecule has 0 saturated carbocycles. The first-order valence-corrected chi connectivity index (χ1v) is 5.24. The largest absolute Gasteiger partial charge is 0.465 e. The Bertz CT molecular complexity index is 592. The summed E-state index contributed by atoms with van der Waals surface area (Å²) >= 11 is 0. The SMILES string of the molecule is CCOC(=O)CC#Cc1cnn2cccnc12. The van der Waals surface area contributed by atoms with Crippen LogP contribution in [0.3, 0.4) is 0 Å². The molecule has 2 aromatic heterocycles. The maximum atomic E-state index is 11.1. The Kier molecular flexibility index (Phi) is 3.36. The van der Waals surface area contributed by atoms with Crippen LogP contribution in [0.2, 0.25) is 0 Å². The first-order chi connectivity index (χ1) is 8.31. The van der Waals surface area contributed by atoms with Gasteiger partial charge in [-0.25, -0.2) is 9.50 Å². The van der Waals surface area contributed by atoms with Gasteiger partial charge in [0.2, 0.25) is 0 Å². The minimum atomic E-state index is -0.315. The maximum Gasteiger partial charge on any atom is 0.317 e. The van der Waals surface area contributed by atoms with E-state index in [1.807, 2.05) is 0 Å². The zero-order valence-corrected chi connectivity index (χ0v) is 9.38. The van der Waals surface area contributed by atoms with Gasteiger partial charge < -0.3 is 4.74 Å². The normalized spacial score (nSPS) is 9.71. The first kappa shape index (κ1) is 11.1. The van der Waals surface area contributed by atoms with Gasteiger partial charge in [0.15, 0.2) is 5.65 Å². The van der Waals surface area contributed by atoms with Gasteiger partial charge in [-0.15, -0.1) is 0 Å². The third-order valence-electron chi connectivity index (χ3n) is 2.04. The highest BCUT2D eigenvalue weighted by Gasteiger charge is 2.01. The Labute approximate surface area is 98.4 Å². The van der Waals surface area contributed by atoms with Crippen molar-refractivity contribution in [3.63, 3.8) is 0 Å². The molecule has 0 aromatic carbocycles. The van der Waals surface area contributed by atoms with Gasteiger partial charge in [0.1, 0.15) is 6.42 Å². The molecular weight excluding hydrogens is 218 g/mol. The van der Waals surface area contributed by atoms with Crippen LogP contribution in [-0.4, -0.2) is 27.2 Å². The topological polar surface area (TPSA) is 56.5 Å². The van der Waals surface area contributed by atoms with Crippen molar-refractivity contribution in [3.8, 4) is 11.8 Å². The van der Waals surface area contributed by atoms with Gasteiger partial charge in [0, 0.05) is 12.4 Å². The highest BCUT2D eigenvalue weighted by Crippen LogP contribution is 2.04. The fourth-order valence-corrected chi connectivity index (χ4v) is 1.34. The van der Waals surface area contributed by atoms with Gasteiger partial charge in [-0.3, -0.25) is 4.79 Å². The van der Waals surface area contributed by atoms with Crippen molar-refractivity contribution in [2.45, 2.75) is 13.3 Å². The van der Waals surface area contributed by atoms with Crippen LogP contribution in [0.5, 0.6) is 0 Å². The van der Waals surface area contributed by atoms with E-state index in [0.29, 0.717) is 17.8 Å². The van der Waals surface area contributed by atoms with Crippen LogP contribution in [-0.2, 0) is 9.53 Å². The van der Waals surface area contributed by atoms with E-state index in [1.165, 1.54) is 0 Å². The Balaban J connectivity index is 2.14. The lowest BCUT2D eigenvalue weighted by molar-refractivity contribution is -0.141. The molecular formula is C12H11N3O2.